The Morgan fingerprint density at radius 3 is 2.66 bits per heavy atom. The van der Waals surface area contributed by atoms with Crippen molar-refractivity contribution in [1.82, 2.24) is 9.80 Å². The van der Waals surface area contributed by atoms with E-state index < -0.39 is 0 Å². The fraction of sp³-hybridized carbons (Fsp3) is 0.652. The van der Waals surface area contributed by atoms with Crippen molar-refractivity contribution in [3.05, 3.63) is 24.3 Å². The minimum atomic E-state index is -0.249. The number of fused-ring (bicyclic) bond motifs is 1. The third-order valence-electron chi connectivity index (χ3n) is 6.97. The summed E-state index contributed by atoms with van der Waals surface area (Å²) in [5.41, 5.74) is 0.832. The van der Waals surface area contributed by atoms with Crippen LogP contribution in [0.2, 0.25) is 0 Å². The zero-order valence-corrected chi connectivity index (χ0v) is 17.7. The van der Waals surface area contributed by atoms with E-state index in [0.717, 1.165) is 18.0 Å². The summed E-state index contributed by atoms with van der Waals surface area (Å²) in [6, 6.07) is 8.10. The second kappa shape index (κ2) is 8.74. The summed E-state index contributed by atoms with van der Waals surface area (Å²) in [7, 11) is 3.55. The van der Waals surface area contributed by atoms with Gasteiger partial charge in [-0.15, -0.1) is 0 Å². The van der Waals surface area contributed by atoms with Crippen molar-refractivity contribution >= 4 is 17.5 Å². The highest BCUT2D eigenvalue weighted by atomic mass is 16.5. The molecule has 0 aliphatic carbocycles. The maximum Gasteiger partial charge on any atom is 0.227 e. The molecule has 6 nitrogen and oxygen atoms in total. The van der Waals surface area contributed by atoms with Crippen molar-refractivity contribution < 1.29 is 14.3 Å². The van der Waals surface area contributed by atoms with Crippen LogP contribution in [0.15, 0.2) is 24.3 Å². The van der Waals surface area contributed by atoms with Crippen molar-refractivity contribution in [3.63, 3.8) is 0 Å². The Balaban J connectivity index is 1.36. The molecule has 3 fully saturated rings. The van der Waals surface area contributed by atoms with Crippen molar-refractivity contribution in [2.45, 2.75) is 44.6 Å². The molecular formula is C23H33N3O3. The topological polar surface area (TPSA) is 53.1 Å². The second-order valence-electron chi connectivity index (χ2n) is 8.82. The molecule has 0 aromatic heterocycles. The molecule has 29 heavy (non-hydrogen) atoms. The molecule has 0 spiro atoms. The number of hydrogen-bond acceptors (Lipinski definition) is 4. The number of ether oxygens (including phenoxy) is 1. The van der Waals surface area contributed by atoms with Crippen LogP contribution >= 0.6 is 0 Å². The summed E-state index contributed by atoms with van der Waals surface area (Å²) in [4.78, 5) is 32.0. The van der Waals surface area contributed by atoms with Gasteiger partial charge in [0.2, 0.25) is 11.8 Å². The van der Waals surface area contributed by atoms with E-state index in [-0.39, 0.29) is 17.7 Å². The third-order valence-corrected chi connectivity index (χ3v) is 6.97. The number of benzene rings is 1. The summed E-state index contributed by atoms with van der Waals surface area (Å²) < 4.78 is 5.19. The van der Waals surface area contributed by atoms with E-state index in [1.807, 2.05) is 36.2 Å². The molecule has 6 heteroatoms. The smallest absolute Gasteiger partial charge is 0.227 e. The normalized spacial score (nSPS) is 27.6. The van der Waals surface area contributed by atoms with Gasteiger partial charge in [0.15, 0.2) is 0 Å². The highest BCUT2D eigenvalue weighted by Gasteiger charge is 2.38. The van der Waals surface area contributed by atoms with Crippen LogP contribution < -0.4 is 9.64 Å². The molecule has 158 valence electrons. The van der Waals surface area contributed by atoms with Crippen molar-refractivity contribution in [2.24, 2.45) is 11.8 Å². The van der Waals surface area contributed by atoms with Crippen molar-refractivity contribution in [2.75, 3.05) is 45.2 Å². The largest absolute Gasteiger partial charge is 0.497 e. The number of nitrogens with zero attached hydrogens (tertiary/aromatic N) is 3. The van der Waals surface area contributed by atoms with E-state index in [4.69, 9.17) is 4.74 Å². The summed E-state index contributed by atoms with van der Waals surface area (Å²) in [6.07, 6.45) is 6.62. The maximum atomic E-state index is 13.1. The molecule has 0 N–H and O–H groups in total. The summed E-state index contributed by atoms with van der Waals surface area (Å²) in [6.45, 7) is 3.71. The first-order valence-corrected chi connectivity index (χ1v) is 11.0. The van der Waals surface area contributed by atoms with Gasteiger partial charge in [0, 0.05) is 38.3 Å². The average molecular weight is 400 g/mol. The van der Waals surface area contributed by atoms with Crippen LogP contribution in [-0.2, 0) is 9.59 Å². The Bertz CT molecular complexity index is 733. The fourth-order valence-electron chi connectivity index (χ4n) is 5.43. The quantitative estimate of drug-likeness (QED) is 0.764. The minimum absolute atomic E-state index is 0.0260. The number of hydrogen-bond donors (Lipinski definition) is 0. The first kappa shape index (κ1) is 20.2. The van der Waals surface area contributed by atoms with Crippen LogP contribution in [-0.4, -0.2) is 68.0 Å². The molecule has 3 saturated heterocycles. The molecular weight excluding hydrogens is 366 g/mol. The number of carbonyl (C=O) groups excluding carboxylic acids is 2. The molecule has 3 aliphatic heterocycles. The number of amides is 2. The van der Waals surface area contributed by atoms with Crippen LogP contribution in [0.4, 0.5) is 5.69 Å². The minimum Gasteiger partial charge on any atom is -0.497 e. The Labute approximate surface area is 173 Å². The lowest BCUT2D eigenvalue weighted by atomic mass is 9.83. The van der Waals surface area contributed by atoms with Gasteiger partial charge < -0.3 is 19.4 Å². The molecule has 0 radical (unpaired) electrons. The molecule has 3 heterocycles. The number of carbonyl (C=O) groups is 2. The van der Waals surface area contributed by atoms with Gasteiger partial charge in [0.1, 0.15) is 5.75 Å². The van der Waals surface area contributed by atoms with Crippen LogP contribution in [0.25, 0.3) is 0 Å². The van der Waals surface area contributed by atoms with Gasteiger partial charge in [-0.25, -0.2) is 0 Å². The van der Waals surface area contributed by atoms with E-state index in [1.54, 1.807) is 12.0 Å². The van der Waals surface area contributed by atoms with Crippen LogP contribution in [0.3, 0.4) is 0 Å². The standard InChI is InChI=1S/C23H33N3O3/c1-24(15-17-6-5-13-25-12-4-3-7-21(17)25)23(28)18-14-22(27)26(16-18)19-8-10-20(29-2)11-9-19/h8-11,17-18,21H,3-7,12-16H2,1-2H3/t17-,18-,21+/m1/s1. The molecule has 0 saturated carbocycles. The zero-order valence-electron chi connectivity index (χ0n) is 17.7. The van der Waals surface area contributed by atoms with Crippen LogP contribution in [0, 0.1) is 11.8 Å². The molecule has 0 unspecified atom stereocenters. The van der Waals surface area contributed by atoms with E-state index in [9.17, 15) is 9.59 Å². The zero-order chi connectivity index (χ0) is 20.4. The van der Waals surface area contributed by atoms with Gasteiger partial charge in [0.05, 0.1) is 13.0 Å². The first-order valence-electron chi connectivity index (χ1n) is 11.0. The van der Waals surface area contributed by atoms with E-state index in [2.05, 4.69) is 4.90 Å². The summed E-state index contributed by atoms with van der Waals surface area (Å²) in [5.74, 6) is 1.21. The summed E-state index contributed by atoms with van der Waals surface area (Å²) in [5, 5.41) is 0. The molecule has 1 aromatic carbocycles. The molecule has 3 aliphatic rings. The van der Waals surface area contributed by atoms with Crippen molar-refractivity contribution in [3.8, 4) is 5.75 Å². The number of rotatable bonds is 5. The molecule has 0 bridgehead atoms. The average Bonchev–Trinajstić information content (AvgIpc) is 3.15. The Hall–Kier alpha value is -2.08. The highest BCUT2D eigenvalue weighted by Crippen LogP contribution is 2.32. The lowest BCUT2D eigenvalue weighted by molar-refractivity contribution is -0.135. The van der Waals surface area contributed by atoms with Gasteiger partial charge in [-0.3, -0.25) is 9.59 Å². The third kappa shape index (κ3) is 4.27. The van der Waals surface area contributed by atoms with E-state index in [1.165, 1.54) is 45.2 Å². The molecule has 4 rings (SSSR count). The Morgan fingerprint density at radius 2 is 1.90 bits per heavy atom. The van der Waals surface area contributed by atoms with Crippen LogP contribution in [0.1, 0.15) is 38.5 Å². The Morgan fingerprint density at radius 1 is 1.14 bits per heavy atom. The lowest BCUT2D eigenvalue weighted by Gasteiger charge is -2.45. The van der Waals surface area contributed by atoms with Crippen LogP contribution in [0.5, 0.6) is 5.75 Å². The molecule has 2 amide bonds. The van der Waals surface area contributed by atoms with E-state index >= 15 is 0 Å². The predicted octanol–water partition coefficient (Wildman–Crippen LogP) is 2.77. The van der Waals surface area contributed by atoms with Gasteiger partial charge in [-0.05, 0) is 69.0 Å². The second-order valence-corrected chi connectivity index (χ2v) is 8.82. The predicted molar refractivity (Wildman–Crippen MR) is 113 cm³/mol. The SMILES string of the molecule is COc1ccc(N2C[C@H](C(=O)N(C)C[C@H]3CCCN4CCCC[C@@H]34)CC2=O)cc1. The van der Waals surface area contributed by atoms with Crippen molar-refractivity contribution in [1.29, 1.82) is 0 Å². The Kier molecular flexibility index (Phi) is 6.09. The number of anilines is 1. The van der Waals surface area contributed by atoms with Gasteiger partial charge in [-0.1, -0.05) is 6.42 Å². The maximum absolute atomic E-state index is 13.1. The summed E-state index contributed by atoms with van der Waals surface area (Å²) >= 11 is 0. The number of methoxy groups -OCH3 is 1. The monoisotopic (exact) mass is 399 g/mol. The van der Waals surface area contributed by atoms with E-state index in [0.29, 0.717) is 24.9 Å². The molecule has 3 atom stereocenters. The molecule has 1 aromatic rings. The number of piperidine rings is 2. The lowest BCUT2D eigenvalue weighted by Crippen LogP contribution is -2.51. The van der Waals surface area contributed by atoms with Gasteiger partial charge in [-0.2, -0.15) is 0 Å². The van der Waals surface area contributed by atoms with Gasteiger partial charge >= 0.3 is 0 Å². The fourth-order valence-corrected chi connectivity index (χ4v) is 5.43. The highest BCUT2D eigenvalue weighted by molar-refractivity contribution is 6.00. The van der Waals surface area contributed by atoms with Gasteiger partial charge in [0.25, 0.3) is 0 Å². The first-order chi connectivity index (χ1) is 14.1.